The summed E-state index contributed by atoms with van der Waals surface area (Å²) in [5, 5.41) is 0. The lowest BCUT2D eigenvalue weighted by molar-refractivity contribution is -0.139. The molecule has 16 heavy (non-hydrogen) atoms. The van der Waals surface area contributed by atoms with Gasteiger partial charge in [-0.15, -0.1) is 0 Å². The van der Waals surface area contributed by atoms with Crippen LogP contribution in [0.25, 0.3) is 0 Å². The van der Waals surface area contributed by atoms with Crippen molar-refractivity contribution in [2.24, 2.45) is 0 Å². The Morgan fingerprint density at radius 2 is 1.75 bits per heavy atom. The Balaban J connectivity index is 4.02. The molecule has 94 valence electrons. The normalized spacial score (nSPS) is 12.2. The Morgan fingerprint density at radius 3 is 2.12 bits per heavy atom. The fourth-order valence-electron chi connectivity index (χ4n) is 0.578. The molecule has 0 fully saturated rings. The average molecular weight is 250 g/mol. The van der Waals surface area contributed by atoms with Crippen molar-refractivity contribution >= 4 is 16.1 Å². The third-order valence-electron chi connectivity index (χ3n) is 1.65. The predicted octanol–water partition coefficient (Wildman–Crippen LogP) is 1.25. The molecule has 0 saturated heterocycles. The molecule has 0 heterocycles. The summed E-state index contributed by atoms with van der Waals surface area (Å²) in [6.45, 7) is 9.20. The molecule has 0 N–H and O–H groups in total. The molecule has 0 bridgehead atoms. The van der Waals surface area contributed by atoms with Gasteiger partial charge in [-0.05, 0) is 27.7 Å². The molecule has 0 aromatic carbocycles. The van der Waals surface area contributed by atoms with Gasteiger partial charge in [0, 0.05) is 5.57 Å². The first kappa shape index (κ1) is 15.1. The van der Waals surface area contributed by atoms with Crippen LogP contribution in [0.15, 0.2) is 12.2 Å². The molecule has 0 spiro atoms. The number of esters is 1. The molecule has 5 nitrogen and oxygen atoms in total. The molecule has 0 aliphatic heterocycles. The second-order valence-electron chi connectivity index (χ2n) is 4.30. The van der Waals surface area contributed by atoms with Crippen LogP contribution in [0.3, 0.4) is 0 Å². The molecule has 0 aromatic heterocycles. The van der Waals surface area contributed by atoms with E-state index >= 15 is 0 Å². The van der Waals surface area contributed by atoms with Gasteiger partial charge in [0.25, 0.3) is 10.1 Å². The van der Waals surface area contributed by atoms with E-state index in [-0.39, 0.29) is 18.8 Å². The van der Waals surface area contributed by atoms with Crippen molar-refractivity contribution in [2.45, 2.75) is 32.4 Å². The number of rotatable bonds is 5. The number of carbonyl (C=O) groups excluding carboxylic acids is 1. The topological polar surface area (TPSA) is 69.7 Å². The van der Waals surface area contributed by atoms with Crippen molar-refractivity contribution < 1.29 is 22.1 Å². The largest absolute Gasteiger partial charge is 0.460 e. The smallest absolute Gasteiger partial charge is 0.333 e. The van der Waals surface area contributed by atoms with Crippen LogP contribution >= 0.6 is 0 Å². The van der Waals surface area contributed by atoms with Crippen molar-refractivity contribution in [3.8, 4) is 0 Å². The minimum absolute atomic E-state index is 0.110. The maximum atomic E-state index is 11.5. The second-order valence-corrected chi connectivity index (χ2v) is 6.67. The maximum absolute atomic E-state index is 11.5. The van der Waals surface area contributed by atoms with Crippen molar-refractivity contribution in [2.75, 3.05) is 13.2 Å². The van der Waals surface area contributed by atoms with Gasteiger partial charge < -0.3 is 4.74 Å². The van der Waals surface area contributed by atoms with Crippen molar-refractivity contribution in [1.29, 1.82) is 0 Å². The van der Waals surface area contributed by atoms with Gasteiger partial charge in [0.05, 0.1) is 4.75 Å². The number of ether oxygens (including phenoxy) is 1. The lowest BCUT2D eigenvalue weighted by Gasteiger charge is -2.18. The monoisotopic (exact) mass is 250 g/mol. The van der Waals surface area contributed by atoms with Crippen LogP contribution in [0, 0.1) is 0 Å². The zero-order valence-electron chi connectivity index (χ0n) is 10.1. The third-order valence-corrected chi connectivity index (χ3v) is 3.63. The summed E-state index contributed by atoms with van der Waals surface area (Å²) >= 11 is 0. The van der Waals surface area contributed by atoms with Gasteiger partial charge in [-0.2, -0.15) is 8.42 Å². The van der Waals surface area contributed by atoms with Crippen LogP contribution in [0.2, 0.25) is 0 Å². The van der Waals surface area contributed by atoms with Gasteiger partial charge in [-0.3, -0.25) is 4.18 Å². The number of carbonyl (C=O) groups is 1. The Bertz CT molecular complexity index is 361. The second kappa shape index (κ2) is 5.45. The summed E-state index contributed by atoms with van der Waals surface area (Å²) in [5.41, 5.74) is 0.263. The predicted molar refractivity (Wildman–Crippen MR) is 60.4 cm³/mol. The molecule has 6 heteroatoms. The zero-order valence-corrected chi connectivity index (χ0v) is 10.9. The number of hydrogen-bond donors (Lipinski definition) is 0. The standard InChI is InChI=1S/C10H18O5S/c1-8(2)9(11)14-6-7-15-16(12,13)10(3,4)5/h1,6-7H2,2-5H3. The fourth-order valence-corrected chi connectivity index (χ4v) is 1.22. The summed E-state index contributed by atoms with van der Waals surface area (Å²) in [4.78, 5) is 10.9. The molecular weight excluding hydrogens is 232 g/mol. The molecular formula is C10H18O5S. The van der Waals surface area contributed by atoms with Gasteiger partial charge in [-0.25, -0.2) is 4.79 Å². The number of hydrogen-bond acceptors (Lipinski definition) is 5. The van der Waals surface area contributed by atoms with E-state index in [2.05, 4.69) is 15.5 Å². The quantitative estimate of drug-likeness (QED) is 0.318. The van der Waals surface area contributed by atoms with E-state index in [0.717, 1.165) is 0 Å². The van der Waals surface area contributed by atoms with E-state index in [0.29, 0.717) is 0 Å². The van der Waals surface area contributed by atoms with Crippen LogP contribution < -0.4 is 0 Å². The maximum Gasteiger partial charge on any atom is 0.333 e. The third kappa shape index (κ3) is 4.76. The molecule has 0 aliphatic carbocycles. The lowest BCUT2D eigenvalue weighted by atomic mass is 10.3. The van der Waals surface area contributed by atoms with E-state index < -0.39 is 20.8 Å². The van der Waals surface area contributed by atoms with E-state index in [1.807, 2.05) is 0 Å². The molecule has 0 unspecified atom stereocenters. The highest BCUT2D eigenvalue weighted by atomic mass is 32.2. The molecule has 0 radical (unpaired) electrons. The average Bonchev–Trinajstić information content (AvgIpc) is 2.09. The summed E-state index contributed by atoms with van der Waals surface area (Å²) in [6.07, 6.45) is 0. The minimum Gasteiger partial charge on any atom is -0.460 e. The summed E-state index contributed by atoms with van der Waals surface area (Å²) in [5.74, 6) is -0.559. The lowest BCUT2D eigenvalue weighted by Crippen LogP contribution is -2.31. The molecule has 0 saturated carbocycles. The first-order valence-electron chi connectivity index (χ1n) is 4.79. The Morgan fingerprint density at radius 1 is 1.25 bits per heavy atom. The fraction of sp³-hybridized carbons (Fsp3) is 0.700. The summed E-state index contributed by atoms with van der Waals surface area (Å²) in [7, 11) is -3.63. The summed E-state index contributed by atoms with van der Waals surface area (Å²) < 4.78 is 31.3. The van der Waals surface area contributed by atoms with Crippen LogP contribution in [-0.2, 0) is 23.8 Å². The molecule has 0 rings (SSSR count). The van der Waals surface area contributed by atoms with E-state index in [1.54, 1.807) is 0 Å². The SMILES string of the molecule is C=C(C)C(=O)OCCOS(=O)(=O)C(C)(C)C. The van der Waals surface area contributed by atoms with E-state index in [1.165, 1.54) is 27.7 Å². The van der Waals surface area contributed by atoms with Gasteiger partial charge >= 0.3 is 5.97 Å². The Kier molecular flexibility index (Phi) is 5.15. The highest BCUT2D eigenvalue weighted by Gasteiger charge is 2.29. The summed E-state index contributed by atoms with van der Waals surface area (Å²) in [6, 6.07) is 0. The first-order chi connectivity index (χ1) is 7.08. The van der Waals surface area contributed by atoms with Gasteiger partial charge in [0.2, 0.25) is 0 Å². The van der Waals surface area contributed by atoms with E-state index in [4.69, 9.17) is 0 Å². The zero-order chi connectivity index (χ0) is 13.0. The molecule has 0 aromatic rings. The van der Waals surface area contributed by atoms with Gasteiger partial charge in [0.15, 0.2) is 0 Å². The van der Waals surface area contributed by atoms with Crippen LogP contribution in [0.4, 0.5) is 0 Å². The van der Waals surface area contributed by atoms with Crippen molar-refractivity contribution in [1.82, 2.24) is 0 Å². The van der Waals surface area contributed by atoms with Gasteiger partial charge in [0.1, 0.15) is 13.2 Å². The highest BCUT2D eigenvalue weighted by Crippen LogP contribution is 2.16. The Hall–Kier alpha value is -0.880. The van der Waals surface area contributed by atoms with Crippen LogP contribution in [0.1, 0.15) is 27.7 Å². The Labute approximate surface area is 96.6 Å². The molecule has 0 atom stereocenters. The minimum atomic E-state index is -3.63. The molecule has 0 aliphatic rings. The van der Waals surface area contributed by atoms with Gasteiger partial charge in [-0.1, -0.05) is 6.58 Å². The van der Waals surface area contributed by atoms with Crippen molar-refractivity contribution in [3.63, 3.8) is 0 Å². The first-order valence-corrected chi connectivity index (χ1v) is 6.20. The van der Waals surface area contributed by atoms with E-state index in [9.17, 15) is 13.2 Å². The van der Waals surface area contributed by atoms with Crippen molar-refractivity contribution in [3.05, 3.63) is 12.2 Å². The van der Waals surface area contributed by atoms with Crippen LogP contribution in [0.5, 0.6) is 0 Å². The molecule has 0 amide bonds. The van der Waals surface area contributed by atoms with Crippen LogP contribution in [-0.4, -0.2) is 32.3 Å². The highest BCUT2D eigenvalue weighted by molar-refractivity contribution is 7.88.